The van der Waals surface area contributed by atoms with Crippen LogP contribution in [0.25, 0.3) is 10.9 Å². The van der Waals surface area contributed by atoms with E-state index in [4.69, 9.17) is 4.74 Å². The van der Waals surface area contributed by atoms with Crippen LogP contribution in [0.15, 0.2) is 72.9 Å². The molecule has 4 rings (SSSR count). The fourth-order valence-corrected chi connectivity index (χ4v) is 4.35. The third kappa shape index (κ3) is 5.89. The van der Waals surface area contributed by atoms with Crippen LogP contribution in [0.2, 0.25) is 0 Å². The van der Waals surface area contributed by atoms with Crippen molar-refractivity contribution in [2.75, 3.05) is 6.61 Å². The van der Waals surface area contributed by atoms with Gasteiger partial charge in [0.05, 0.1) is 18.2 Å². The van der Waals surface area contributed by atoms with Crippen LogP contribution in [-0.2, 0) is 24.1 Å². The number of ether oxygens (including phenoxy) is 1. The summed E-state index contributed by atoms with van der Waals surface area (Å²) in [6, 6.07) is 19.4. The maximum atomic E-state index is 14.9. The van der Waals surface area contributed by atoms with Gasteiger partial charge in [0, 0.05) is 29.1 Å². The lowest BCUT2D eigenvalue weighted by Crippen LogP contribution is -2.20. The van der Waals surface area contributed by atoms with E-state index in [9.17, 15) is 19.4 Å². The molecule has 0 aliphatic carbocycles. The minimum atomic E-state index is -0.901. The normalized spacial score (nSPS) is 12.3. The minimum Gasteiger partial charge on any atom is -0.507 e. The summed E-state index contributed by atoms with van der Waals surface area (Å²) in [5.74, 6) is -0.631. The second kappa shape index (κ2) is 10.7. The fraction of sp³-hybridized carbons (Fsp3) is 0.276. The lowest BCUT2D eigenvalue weighted by atomic mass is 10.0. The highest BCUT2D eigenvalue weighted by atomic mass is 19.1. The summed E-state index contributed by atoms with van der Waals surface area (Å²) in [7, 11) is 0. The number of nitrogens with zero attached hydrogens (tertiary/aromatic N) is 1. The molecule has 182 valence electrons. The third-order valence-corrected chi connectivity index (χ3v) is 5.95. The van der Waals surface area contributed by atoms with Crippen LogP contribution in [-0.4, -0.2) is 33.5 Å². The predicted octanol–water partition coefficient (Wildman–Crippen LogP) is 5.49. The lowest BCUT2D eigenvalue weighted by molar-refractivity contribution is 0.0259. The van der Waals surface area contributed by atoms with Gasteiger partial charge in [-0.3, -0.25) is 0 Å². The van der Waals surface area contributed by atoms with E-state index in [1.807, 2.05) is 54.9 Å². The number of para-hydroxylation sites is 1. The number of aromatic hydroxyl groups is 1. The van der Waals surface area contributed by atoms with Gasteiger partial charge in [-0.25, -0.2) is 9.18 Å². The summed E-state index contributed by atoms with van der Waals surface area (Å²) in [5, 5.41) is 22.0. The Labute approximate surface area is 204 Å². The Kier molecular flexibility index (Phi) is 7.51. The van der Waals surface area contributed by atoms with Crippen molar-refractivity contribution in [1.29, 1.82) is 0 Å². The van der Waals surface area contributed by atoms with Gasteiger partial charge >= 0.3 is 5.97 Å². The maximum Gasteiger partial charge on any atom is 0.338 e. The van der Waals surface area contributed by atoms with Gasteiger partial charge in [0.1, 0.15) is 18.2 Å². The first-order valence-electron chi connectivity index (χ1n) is 11.8. The van der Waals surface area contributed by atoms with Crippen molar-refractivity contribution in [3.63, 3.8) is 0 Å². The fourth-order valence-electron chi connectivity index (χ4n) is 4.35. The molecule has 3 aromatic carbocycles. The highest BCUT2D eigenvalue weighted by molar-refractivity contribution is 5.89. The van der Waals surface area contributed by atoms with Gasteiger partial charge in [0.15, 0.2) is 0 Å². The van der Waals surface area contributed by atoms with E-state index in [0.717, 1.165) is 22.0 Å². The number of phenolic OH excluding ortho intramolecular Hbond substituents is 1. The molecular weight excluding hydrogens is 445 g/mol. The van der Waals surface area contributed by atoms with Crippen LogP contribution in [0.4, 0.5) is 4.39 Å². The lowest BCUT2D eigenvalue weighted by Gasteiger charge is -2.12. The molecule has 0 amide bonds. The van der Waals surface area contributed by atoms with Gasteiger partial charge in [-0.2, -0.15) is 0 Å². The number of fused-ring (bicyclic) bond motifs is 1. The van der Waals surface area contributed by atoms with Gasteiger partial charge in [-0.1, -0.05) is 50.2 Å². The van der Waals surface area contributed by atoms with Crippen molar-refractivity contribution >= 4 is 16.9 Å². The number of aliphatic hydroxyl groups excluding tert-OH is 1. The minimum absolute atomic E-state index is 0.0622. The molecule has 1 aromatic heterocycles. The number of halogens is 1. The number of aliphatic hydroxyl groups is 1. The summed E-state index contributed by atoms with van der Waals surface area (Å²) in [5.41, 5.74) is 3.13. The topological polar surface area (TPSA) is 71.7 Å². The van der Waals surface area contributed by atoms with Crippen molar-refractivity contribution in [2.45, 2.75) is 39.3 Å². The predicted molar refractivity (Wildman–Crippen MR) is 134 cm³/mol. The maximum absolute atomic E-state index is 14.9. The molecule has 2 N–H and O–H groups in total. The Morgan fingerprint density at radius 1 is 1.03 bits per heavy atom. The molecule has 0 aliphatic rings. The zero-order valence-electron chi connectivity index (χ0n) is 19.9. The van der Waals surface area contributed by atoms with Crippen LogP contribution in [0.3, 0.4) is 0 Å². The first-order valence-corrected chi connectivity index (χ1v) is 11.8. The van der Waals surface area contributed by atoms with E-state index in [2.05, 4.69) is 0 Å². The molecule has 5 nitrogen and oxygen atoms in total. The molecule has 4 aromatic rings. The van der Waals surface area contributed by atoms with Crippen LogP contribution in [0.1, 0.15) is 40.9 Å². The Morgan fingerprint density at radius 3 is 2.46 bits per heavy atom. The van der Waals surface area contributed by atoms with Crippen molar-refractivity contribution in [1.82, 2.24) is 4.57 Å². The first kappa shape index (κ1) is 24.5. The van der Waals surface area contributed by atoms with Gasteiger partial charge in [-0.15, -0.1) is 0 Å². The molecule has 0 saturated heterocycles. The molecule has 0 bridgehead atoms. The van der Waals surface area contributed by atoms with Crippen LogP contribution in [0.5, 0.6) is 5.75 Å². The average molecular weight is 476 g/mol. The molecular formula is C29H30FNO4. The molecule has 0 spiro atoms. The summed E-state index contributed by atoms with van der Waals surface area (Å²) in [4.78, 5) is 12.2. The standard InChI is InChI=1S/C29H30FNO4/c1-19(2)12-20-13-26(30)25(28(33)14-20)17-31-16-22(24-10-6-7-11-27(24)31)15-23(32)18-35-29(34)21-8-4-3-5-9-21/h3-11,13-14,16,19,23,32-33H,12,15,17-18H2,1-2H3. The van der Waals surface area contributed by atoms with Crippen LogP contribution >= 0.6 is 0 Å². The number of hydrogen-bond acceptors (Lipinski definition) is 4. The third-order valence-electron chi connectivity index (χ3n) is 5.95. The SMILES string of the molecule is CC(C)Cc1cc(O)c(Cn2cc(CC(O)COC(=O)c3ccccc3)c3ccccc32)c(F)c1. The van der Waals surface area contributed by atoms with Gasteiger partial charge in [0.25, 0.3) is 0 Å². The van der Waals surface area contributed by atoms with E-state index in [0.29, 0.717) is 17.9 Å². The summed E-state index contributed by atoms with van der Waals surface area (Å²) < 4.78 is 22.1. The highest BCUT2D eigenvalue weighted by Gasteiger charge is 2.18. The second-order valence-corrected chi connectivity index (χ2v) is 9.30. The number of aromatic nitrogens is 1. The van der Waals surface area contributed by atoms with E-state index < -0.39 is 17.9 Å². The number of carbonyl (C=O) groups is 1. The molecule has 1 atom stereocenters. The first-order chi connectivity index (χ1) is 16.8. The number of esters is 1. The van der Waals surface area contributed by atoms with Gasteiger partial charge in [-0.05, 0) is 53.8 Å². The molecule has 1 unspecified atom stereocenters. The van der Waals surface area contributed by atoms with Gasteiger partial charge < -0.3 is 19.5 Å². The number of phenols is 1. The zero-order valence-corrected chi connectivity index (χ0v) is 19.9. The smallest absolute Gasteiger partial charge is 0.338 e. The molecule has 0 saturated carbocycles. The number of rotatable bonds is 9. The summed E-state index contributed by atoms with van der Waals surface area (Å²) in [6.45, 7) is 4.11. The highest BCUT2D eigenvalue weighted by Crippen LogP contribution is 2.29. The Morgan fingerprint density at radius 2 is 1.74 bits per heavy atom. The zero-order chi connectivity index (χ0) is 24.9. The molecule has 1 heterocycles. The largest absolute Gasteiger partial charge is 0.507 e. The summed E-state index contributed by atoms with van der Waals surface area (Å²) >= 11 is 0. The molecule has 0 aliphatic heterocycles. The number of benzene rings is 3. The Balaban J connectivity index is 1.51. The van der Waals surface area contributed by atoms with Crippen molar-refractivity contribution in [3.05, 3.63) is 101 Å². The number of hydrogen-bond donors (Lipinski definition) is 2. The van der Waals surface area contributed by atoms with E-state index in [-0.39, 0.29) is 30.9 Å². The van der Waals surface area contributed by atoms with Crippen molar-refractivity contribution in [3.8, 4) is 5.75 Å². The molecule has 0 fully saturated rings. The van der Waals surface area contributed by atoms with E-state index >= 15 is 0 Å². The second-order valence-electron chi connectivity index (χ2n) is 9.30. The van der Waals surface area contributed by atoms with Crippen molar-refractivity contribution in [2.24, 2.45) is 5.92 Å². The van der Waals surface area contributed by atoms with E-state index in [1.165, 1.54) is 6.07 Å². The Bertz CT molecular complexity index is 1290. The van der Waals surface area contributed by atoms with Crippen LogP contribution < -0.4 is 0 Å². The van der Waals surface area contributed by atoms with Crippen LogP contribution in [0, 0.1) is 11.7 Å². The molecule has 0 radical (unpaired) electrons. The van der Waals surface area contributed by atoms with Gasteiger partial charge in [0.2, 0.25) is 0 Å². The molecule has 6 heteroatoms. The quantitative estimate of drug-likeness (QED) is 0.314. The van der Waals surface area contributed by atoms with Crippen molar-refractivity contribution < 1.29 is 24.1 Å². The summed E-state index contributed by atoms with van der Waals surface area (Å²) in [6.07, 6.45) is 1.90. The Hall–Kier alpha value is -3.64. The van der Waals surface area contributed by atoms with E-state index in [1.54, 1.807) is 30.3 Å². The monoisotopic (exact) mass is 475 g/mol. The average Bonchev–Trinajstić information content (AvgIpc) is 3.17. The number of carbonyl (C=O) groups excluding carboxylic acids is 1. The molecule has 35 heavy (non-hydrogen) atoms.